The number of aromatic nitrogens is 7. The first-order valence-corrected chi connectivity index (χ1v) is 20.6. The number of hydrogen-bond donors (Lipinski definition) is 3. The number of furan rings is 1. The largest absolute Gasteiger partial charge is 0.467 e. The minimum absolute atomic E-state index is 0.00934. The lowest BCUT2D eigenvalue weighted by Gasteiger charge is -2.36. The van der Waals surface area contributed by atoms with Gasteiger partial charge in [-0.25, -0.2) is 4.98 Å². The Morgan fingerprint density at radius 1 is 0.885 bits per heavy atom. The highest BCUT2D eigenvalue weighted by Crippen LogP contribution is 2.29. The van der Waals surface area contributed by atoms with E-state index in [0.29, 0.717) is 87.5 Å². The van der Waals surface area contributed by atoms with Crippen LogP contribution in [0.25, 0.3) is 27.7 Å². The van der Waals surface area contributed by atoms with Gasteiger partial charge in [0.1, 0.15) is 23.6 Å². The predicted octanol–water partition coefficient (Wildman–Crippen LogP) is 2.54. The Morgan fingerprint density at radius 3 is 2.44 bits per heavy atom. The molecule has 2 aromatic carbocycles. The third-order valence-electron chi connectivity index (χ3n) is 11.8. The van der Waals surface area contributed by atoms with Crippen molar-refractivity contribution in [2.45, 2.75) is 51.1 Å². The molecule has 1 atom stereocenters. The van der Waals surface area contributed by atoms with Crippen molar-refractivity contribution in [2.75, 3.05) is 60.9 Å². The highest BCUT2D eigenvalue weighted by atomic mass is 16.3. The molecule has 19 heteroatoms. The number of fused-ring (bicyclic) bond motifs is 2. The van der Waals surface area contributed by atoms with Crippen LogP contribution in [0.4, 0.5) is 17.3 Å². The van der Waals surface area contributed by atoms with Crippen molar-refractivity contribution < 1.29 is 23.6 Å². The lowest BCUT2D eigenvalue weighted by molar-refractivity contribution is -0.136. The fraction of sp³-hybridized carbons (Fsp3) is 0.381. The van der Waals surface area contributed by atoms with E-state index in [4.69, 9.17) is 4.42 Å². The molecule has 9 rings (SSSR count). The van der Waals surface area contributed by atoms with Gasteiger partial charge >= 0.3 is 0 Å². The smallest absolute Gasteiger partial charge is 0.278 e. The molecule has 3 aliphatic heterocycles. The number of carbonyl (C=O) groups is 4. The van der Waals surface area contributed by atoms with Gasteiger partial charge in [0, 0.05) is 87.7 Å². The van der Waals surface area contributed by atoms with E-state index >= 15 is 0 Å². The molecule has 1 unspecified atom stereocenters. The monoisotopic (exact) mass is 827 g/mol. The molecule has 3 N–H and O–H groups in total. The van der Waals surface area contributed by atoms with Gasteiger partial charge in [0.25, 0.3) is 11.5 Å². The van der Waals surface area contributed by atoms with Crippen molar-refractivity contribution in [3.63, 3.8) is 0 Å². The van der Waals surface area contributed by atoms with Gasteiger partial charge in [0.05, 0.1) is 18.2 Å². The molecule has 4 amide bonds. The van der Waals surface area contributed by atoms with Crippen molar-refractivity contribution >= 4 is 57.5 Å². The summed E-state index contributed by atoms with van der Waals surface area (Å²) in [6, 6.07) is 16.5. The molecule has 314 valence electrons. The van der Waals surface area contributed by atoms with E-state index in [9.17, 15) is 24.0 Å². The first-order valence-electron chi connectivity index (χ1n) is 20.6. The lowest BCUT2D eigenvalue weighted by atomic mass is 9.95. The molecule has 0 bridgehead atoms. The molecular weight excluding hydrogens is 783 g/mol. The molecule has 19 nitrogen and oxygen atoms in total. The Balaban J connectivity index is 0.702. The number of rotatable bonds is 12. The Labute approximate surface area is 349 Å². The summed E-state index contributed by atoms with van der Waals surface area (Å²) >= 11 is 0. The molecule has 3 saturated heterocycles. The van der Waals surface area contributed by atoms with Gasteiger partial charge in [-0.15, -0.1) is 15.3 Å². The third-order valence-corrected chi connectivity index (χ3v) is 11.8. The van der Waals surface area contributed by atoms with E-state index in [1.165, 1.54) is 0 Å². The standard InChI is InChI=1S/C42H45N13O6/c56-36-12-11-35(40(59)47-36)55-41(60)32-23-30(9-10-34(32)48-50-55)51-16-13-28(14-17-51)39(58)43-15-1-4-37(57)53-20-18-52(19-21-53)29-7-5-27(6-8-29)33-25-45-42(54-26-46-49-38(33)54)44-24-31-3-2-22-61-31/h2-3,5-10,22-23,25-26,28,35H,1,4,11-21,24H2,(H,43,58)(H,44,45)(H,47,56,59). The Kier molecular flexibility index (Phi) is 11.1. The second-order valence-corrected chi connectivity index (χ2v) is 15.5. The van der Waals surface area contributed by atoms with Gasteiger partial charge in [-0.1, -0.05) is 17.3 Å². The van der Waals surface area contributed by atoms with E-state index in [1.807, 2.05) is 27.5 Å². The Morgan fingerprint density at radius 2 is 1.67 bits per heavy atom. The van der Waals surface area contributed by atoms with E-state index in [1.54, 1.807) is 30.9 Å². The molecule has 0 aliphatic carbocycles. The maximum absolute atomic E-state index is 13.4. The highest BCUT2D eigenvalue weighted by molar-refractivity contribution is 5.99. The van der Waals surface area contributed by atoms with Crippen LogP contribution in [0.1, 0.15) is 50.3 Å². The lowest BCUT2D eigenvalue weighted by Crippen LogP contribution is -2.48. The van der Waals surface area contributed by atoms with Crippen molar-refractivity contribution in [2.24, 2.45) is 5.92 Å². The first kappa shape index (κ1) is 39.3. The van der Waals surface area contributed by atoms with Crippen LogP contribution in [0.3, 0.4) is 0 Å². The number of carbonyl (C=O) groups excluding carboxylic acids is 4. The van der Waals surface area contributed by atoms with Crippen molar-refractivity contribution in [3.8, 4) is 11.1 Å². The fourth-order valence-electron chi connectivity index (χ4n) is 8.31. The van der Waals surface area contributed by atoms with Crippen molar-refractivity contribution in [3.05, 3.63) is 89.5 Å². The van der Waals surface area contributed by atoms with Crippen LogP contribution in [0.15, 0.2) is 82.6 Å². The number of imide groups is 1. The normalized spacial score (nSPS) is 17.5. The van der Waals surface area contributed by atoms with Crippen LogP contribution < -0.4 is 31.3 Å². The summed E-state index contributed by atoms with van der Waals surface area (Å²) < 4.78 is 8.29. The van der Waals surface area contributed by atoms with Crippen molar-refractivity contribution in [1.82, 2.24) is 50.1 Å². The number of nitrogens with one attached hydrogen (secondary N) is 3. The topological polar surface area (TPSA) is 218 Å². The van der Waals surface area contributed by atoms with E-state index in [2.05, 4.69) is 75.5 Å². The average Bonchev–Trinajstić information content (AvgIpc) is 4.01. The Hall–Kier alpha value is -7.18. The first-order chi connectivity index (χ1) is 29.8. The zero-order valence-electron chi connectivity index (χ0n) is 33.4. The minimum atomic E-state index is -0.892. The third kappa shape index (κ3) is 8.35. The molecule has 0 saturated carbocycles. The number of nitrogens with zero attached hydrogens (tertiary/aromatic N) is 10. The molecule has 0 radical (unpaired) electrons. The number of piperidine rings is 2. The summed E-state index contributed by atoms with van der Waals surface area (Å²) in [6.07, 6.45) is 7.60. The van der Waals surface area contributed by atoms with Gasteiger partial charge in [-0.05, 0) is 73.7 Å². The number of piperazine rings is 1. The van der Waals surface area contributed by atoms with Crippen molar-refractivity contribution in [1.29, 1.82) is 0 Å². The summed E-state index contributed by atoms with van der Waals surface area (Å²) in [4.78, 5) is 74.4. The van der Waals surface area contributed by atoms with E-state index < -0.39 is 17.5 Å². The molecule has 4 aromatic heterocycles. The fourth-order valence-corrected chi connectivity index (χ4v) is 8.31. The summed E-state index contributed by atoms with van der Waals surface area (Å²) in [6.45, 7) is 4.88. The number of hydrogen-bond acceptors (Lipinski definition) is 14. The molecule has 7 heterocycles. The number of amides is 4. The molecule has 61 heavy (non-hydrogen) atoms. The second kappa shape index (κ2) is 17.2. The van der Waals surface area contributed by atoms with Gasteiger partial charge in [-0.3, -0.25) is 33.7 Å². The molecule has 0 spiro atoms. The van der Waals surface area contributed by atoms with Crippen LogP contribution >= 0.6 is 0 Å². The zero-order valence-corrected chi connectivity index (χ0v) is 33.4. The van der Waals surface area contributed by atoms with Crippen LogP contribution in [0, 0.1) is 5.92 Å². The minimum Gasteiger partial charge on any atom is -0.467 e. The zero-order chi connectivity index (χ0) is 41.9. The van der Waals surface area contributed by atoms with Gasteiger partial charge in [0.2, 0.25) is 23.7 Å². The van der Waals surface area contributed by atoms with Crippen LogP contribution in [0.2, 0.25) is 0 Å². The average molecular weight is 828 g/mol. The summed E-state index contributed by atoms with van der Waals surface area (Å²) in [5.41, 5.74) is 4.40. The molecule has 3 aliphatic rings. The van der Waals surface area contributed by atoms with Gasteiger partial charge in [0.15, 0.2) is 5.65 Å². The SMILES string of the molecule is O=C1CCC(n2nnc3ccc(N4CCC(C(=O)NCCCC(=O)N5CCN(c6ccc(-c7cnc(NCc8ccco8)n8cnnc78)cc6)CC5)CC4)cc3c2=O)C(=O)N1. The number of anilines is 3. The highest BCUT2D eigenvalue weighted by Gasteiger charge is 2.31. The molecule has 6 aromatic rings. The van der Waals surface area contributed by atoms with E-state index in [-0.39, 0.29) is 36.5 Å². The molecular formula is C42H45N13O6. The maximum atomic E-state index is 13.4. The summed E-state index contributed by atoms with van der Waals surface area (Å²) in [7, 11) is 0. The van der Waals surface area contributed by atoms with Crippen LogP contribution in [-0.2, 0) is 25.7 Å². The molecule has 3 fully saturated rings. The Bertz CT molecular complexity index is 2630. The summed E-state index contributed by atoms with van der Waals surface area (Å²) in [5.74, 6) is 0.416. The predicted molar refractivity (Wildman–Crippen MR) is 223 cm³/mol. The van der Waals surface area contributed by atoms with Crippen LogP contribution in [0.5, 0.6) is 0 Å². The van der Waals surface area contributed by atoms with Gasteiger partial charge in [-0.2, -0.15) is 4.68 Å². The second-order valence-electron chi connectivity index (χ2n) is 15.5. The number of benzene rings is 2. The van der Waals surface area contributed by atoms with Gasteiger partial charge < -0.3 is 29.8 Å². The van der Waals surface area contributed by atoms with E-state index in [0.717, 1.165) is 46.0 Å². The summed E-state index contributed by atoms with van der Waals surface area (Å²) in [5, 5.41) is 25.5. The quantitative estimate of drug-likeness (QED) is 0.119. The maximum Gasteiger partial charge on any atom is 0.278 e. The van der Waals surface area contributed by atoms with Crippen LogP contribution in [-0.4, -0.2) is 109 Å².